The molecule has 0 unspecified atom stereocenters. The fourth-order valence-electron chi connectivity index (χ4n) is 1.46. The average Bonchev–Trinajstić information content (AvgIpc) is 2.30. The van der Waals surface area contributed by atoms with Crippen molar-refractivity contribution >= 4 is 20.6 Å². The van der Waals surface area contributed by atoms with E-state index in [0.717, 1.165) is 6.42 Å². The van der Waals surface area contributed by atoms with Gasteiger partial charge in [0.05, 0.1) is 5.87 Å². The van der Waals surface area contributed by atoms with E-state index in [1.165, 1.54) is 5.94 Å². The van der Waals surface area contributed by atoms with E-state index in [-0.39, 0.29) is 0 Å². The summed E-state index contributed by atoms with van der Waals surface area (Å²) in [5.74, 6) is 3.63. The smallest absolute Gasteiger partial charge is 0.374 e. The summed E-state index contributed by atoms with van der Waals surface area (Å²) < 4.78 is 17.0. The Bertz CT molecular complexity index is 256. The first-order chi connectivity index (χ1) is 8.24. The van der Waals surface area contributed by atoms with Crippen molar-refractivity contribution in [2.75, 3.05) is 26.4 Å². The van der Waals surface area contributed by atoms with Gasteiger partial charge in [0, 0.05) is 32.4 Å². The van der Waals surface area contributed by atoms with E-state index in [4.69, 9.17) is 13.3 Å². The quantitative estimate of drug-likeness (QED) is 0.258. The topological polar surface area (TPSA) is 57.1 Å². The molecule has 0 aromatic carbocycles. The van der Waals surface area contributed by atoms with Crippen molar-refractivity contribution < 1.29 is 18.1 Å². The van der Waals surface area contributed by atoms with Crippen molar-refractivity contribution in [1.29, 1.82) is 0 Å². The predicted octanol–water partition coefficient (Wildman–Crippen LogP) is 1.48. The van der Waals surface area contributed by atoms with Gasteiger partial charge < -0.3 is 13.3 Å². The van der Waals surface area contributed by atoms with Crippen LogP contribution in [0, 0.1) is 0 Å². The fraction of sp³-hybridized carbons (Fsp3) is 0.818. The first-order valence-electron chi connectivity index (χ1n) is 5.95. The van der Waals surface area contributed by atoms with E-state index in [1.807, 2.05) is 20.8 Å². The molecule has 6 heteroatoms. The van der Waals surface area contributed by atoms with Crippen LogP contribution in [0.5, 0.6) is 0 Å². The normalized spacial score (nSPS) is 10.8. The van der Waals surface area contributed by atoms with Gasteiger partial charge in [-0.15, -0.1) is 0 Å². The maximum Gasteiger partial charge on any atom is 0.500 e. The minimum Gasteiger partial charge on any atom is -0.374 e. The second-order valence-corrected chi connectivity index (χ2v) is 5.91. The number of aliphatic imine (C=N–C) groups is 1. The van der Waals surface area contributed by atoms with Crippen molar-refractivity contribution in [2.24, 2.45) is 4.99 Å². The molecule has 0 rings (SSSR count). The zero-order valence-electron chi connectivity index (χ0n) is 10.8. The Morgan fingerprint density at radius 1 is 1.06 bits per heavy atom. The second kappa shape index (κ2) is 10.4. The van der Waals surface area contributed by atoms with Gasteiger partial charge in [0.2, 0.25) is 0 Å². The Morgan fingerprint density at radius 2 is 1.59 bits per heavy atom. The molecule has 0 bridgehead atoms. The molecule has 0 heterocycles. The number of hydrogen-bond donors (Lipinski definition) is 0. The Kier molecular flexibility index (Phi) is 9.96. The number of hydrogen-bond acceptors (Lipinski definition) is 5. The van der Waals surface area contributed by atoms with Crippen molar-refractivity contribution in [3.8, 4) is 0 Å². The van der Waals surface area contributed by atoms with E-state index >= 15 is 0 Å². The van der Waals surface area contributed by atoms with Crippen LogP contribution in [0.4, 0.5) is 0 Å². The summed E-state index contributed by atoms with van der Waals surface area (Å²) in [5, 5.41) is 0. The van der Waals surface area contributed by atoms with E-state index < -0.39 is 8.80 Å². The van der Waals surface area contributed by atoms with Crippen molar-refractivity contribution in [3.05, 3.63) is 0 Å². The van der Waals surface area contributed by atoms with Crippen molar-refractivity contribution in [3.63, 3.8) is 0 Å². The maximum absolute atomic E-state index is 9.88. The van der Waals surface area contributed by atoms with Crippen molar-refractivity contribution in [1.82, 2.24) is 0 Å². The molecule has 17 heavy (non-hydrogen) atoms. The van der Waals surface area contributed by atoms with Gasteiger partial charge in [0.1, 0.15) is 0 Å². The lowest BCUT2D eigenvalue weighted by Crippen LogP contribution is -2.46. The molecule has 0 N–H and O–H groups in total. The minimum atomic E-state index is -2.54. The Balaban J connectivity index is 4.32. The van der Waals surface area contributed by atoms with Crippen LogP contribution in [0.3, 0.4) is 0 Å². The van der Waals surface area contributed by atoms with Crippen LogP contribution in [-0.4, -0.2) is 47.0 Å². The highest BCUT2D eigenvalue weighted by Gasteiger charge is 2.39. The fourth-order valence-corrected chi connectivity index (χ4v) is 4.06. The molecule has 0 aliphatic rings. The van der Waals surface area contributed by atoms with Crippen LogP contribution < -0.4 is 0 Å². The second-order valence-electron chi connectivity index (χ2n) is 3.18. The summed E-state index contributed by atoms with van der Waals surface area (Å²) in [4.78, 5) is 13.6. The first kappa shape index (κ1) is 16.3. The number of nitrogens with zero attached hydrogens (tertiary/aromatic N) is 1. The third-order valence-electron chi connectivity index (χ3n) is 1.97. The minimum absolute atomic E-state index is 0.511. The average molecular weight is 259 g/mol. The van der Waals surface area contributed by atoms with E-state index in [1.54, 1.807) is 0 Å². The number of carbonyl (C=O) groups excluding carboxylic acids is 1. The molecule has 0 fully saturated rings. The van der Waals surface area contributed by atoms with Crippen molar-refractivity contribution in [2.45, 2.75) is 33.2 Å². The van der Waals surface area contributed by atoms with Gasteiger partial charge in [0.15, 0.2) is 5.94 Å². The molecular weight excluding hydrogens is 238 g/mol. The van der Waals surface area contributed by atoms with Crippen LogP contribution >= 0.6 is 0 Å². The molecule has 5 nitrogen and oxygen atoms in total. The van der Waals surface area contributed by atoms with Gasteiger partial charge in [-0.05, 0) is 27.2 Å². The van der Waals surface area contributed by atoms with Gasteiger partial charge in [0.25, 0.3) is 0 Å². The highest BCUT2D eigenvalue weighted by molar-refractivity contribution is 6.60. The van der Waals surface area contributed by atoms with Crippen LogP contribution in [0.2, 0.25) is 6.04 Å². The molecule has 98 valence electrons. The molecule has 0 saturated carbocycles. The molecule has 0 atom stereocenters. The van der Waals surface area contributed by atoms with Gasteiger partial charge in [-0.1, -0.05) is 0 Å². The van der Waals surface area contributed by atoms with Crippen LogP contribution in [0.25, 0.3) is 0 Å². The maximum atomic E-state index is 9.88. The monoisotopic (exact) mass is 259 g/mol. The summed E-state index contributed by atoms with van der Waals surface area (Å²) in [6.07, 6.45) is 0.751. The van der Waals surface area contributed by atoms with E-state index in [0.29, 0.717) is 32.4 Å². The Labute approximate surface area is 104 Å². The van der Waals surface area contributed by atoms with Gasteiger partial charge >= 0.3 is 8.80 Å². The van der Waals surface area contributed by atoms with E-state index in [2.05, 4.69) is 10.9 Å². The standard InChI is InChI=1S/C11H21NO4Si/c1-4-14-17(15-5-2,16-6-3)11-7-8-12-9-10-13/h4-8,11H2,1-3H3. The Morgan fingerprint density at radius 3 is 2.00 bits per heavy atom. The molecule has 0 spiro atoms. The number of rotatable bonds is 10. The molecule has 0 saturated heterocycles. The van der Waals surface area contributed by atoms with Crippen LogP contribution in [0.15, 0.2) is 4.99 Å². The van der Waals surface area contributed by atoms with Gasteiger partial charge in [-0.25, -0.2) is 9.79 Å². The summed E-state index contributed by atoms with van der Waals surface area (Å²) in [6, 6.07) is 0.701. The Hall–Kier alpha value is -0.743. The third kappa shape index (κ3) is 7.23. The lowest BCUT2D eigenvalue weighted by Gasteiger charge is -2.28. The summed E-state index contributed by atoms with van der Waals surface area (Å²) in [7, 11) is -2.54. The molecular formula is C11H21NO4Si. The zero-order valence-corrected chi connectivity index (χ0v) is 11.8. The third-order valence-corrected chi connectivity index (χ3v) is 5.12. The largest absolute Gasteiger partial charge is 0.500 e. The predicted molar refractivity (Wildman–Crippen MR) is 68.1 cm³/mol. The van der Waals surface area contributed by atoms with Crippen LogP contribution in [0.1, 0.15) is 27.2 Å². The lowest BCUT2D eigenvalue weighted by molar-refractivity contribution is 0.0710. The van der Waals surface area contributed by atoms with Gasteiger partial charge in [-0.3, -0.25) is 0 Å². The SMILES string of the molecule is CCO[Si](CCCN=C=C=O)(OCC)OCC. The highest BCUT2D eigenvalue weighted by atomic mass is 28.4. The molecule has 0 aromatic heterocycles. The zero-order chi connectivity index (χ0) is 13.0. The highest BCUT2D eigenvalue weighted by Crippen LogP contribution is 2.17. The molecule has 0 aliphatic heterocycles. The van der Waals surface area contributed by atoms with E-state index in [9.17, 15) is 4.79 Å². The summed E-state index contributed by atoms with van der Waals surface area (Å²) >= 11 is 0. The molecule has 0 amide bonds. The lowest BCUT2D eigenvalue weighted by atomic mass is 10.5. The van der Waals surface area contributed by atoms with Gasteiger partial charge in [-0.2, -0.15) is 0 Å². The molecule has 0 aromatic rings. The molecule has 0 aliphatic carbocycles. The first-order valence-corrected chi connectivity index (χ1v) is 7.88. The molecule has 0 radical (unpaired) electrons. The van der Waals surface area contributed by atoms with Crippen LogP contribution in [-0.2, 0) is 18.1 Å². The summed E-state index contributed by atoms with van der Waals surface area (Å²) in [5.41, 5.74) is 0. The summed E-state index contributed by atoms with van der Waals surface area (Å²) in [6.45, 7) is 8.00.